The Hall–Kier alpha value is -2.75. The lowest BCUT2D eigenvalue weighted by molar-refractivity contribution is 0.104. The number of nitrogens with two attached hydrogens (primary N) is 1. The molecule has 4 heteroatoms. The van der Waals surface area contributed by atoms with Gasteiger partial charge in [0.2, 0.25) is 0 Å². The average molecular weight is 266 g/mol. The van der Waals surface area contributed by atoms with Crippen molar-refractivity contribution >= 4 is 22.2 Å². The van der Waals surface area contributed by atoms with E-state index in [4.69, 9.17) is 5.73 Å². The molecule has 1 aromatic heterocycles. The monoisotopic (exact) mass is 266 g/mol. The van der Waals surface area contributed by atoms with Crippen LogP contribution in [0.25, 0.3) is 10.8 Å². The first kappa shape index (κ1) is 12.3. The number of hydrogen-bond donors (Lipinski definition) is 1. The summed E-state index contributed by atoms with van der Waals surface area (Å²) in [5.74, 6) is -0.921. The Labute approximate surface area is 114 Å². The Morgan fingerprint density at radius 1 is 1.00 bits per heavy atom. The molecule has 0 fully saturated rings. The van der Waals surface area contributed by atoms with E-state index in [1.807, 2.05) is 24.3 Å². The molecule has 0 saturated carbocycles. The fourth-order valence-corrected chi connectivity index (χ4v) is 2.18. The zero-order valence-corrected chi connectivity index (χ0v) is 10.5. The number of ketones is 1. The minimum atomic E-state index is -0.593. The molecule has 0 aliphatic rings. The van der Waals surface area contributed by atoms with E-state index in [9.17, 15) is 9.18 Å². The molecule has 0 bridgehead atoms. The SMILES string of the molecule is Nc1c(F)cccc1C(=O)c1cncc2ccccc12. The van der Waals surface area contributed by atoms with Crippen LogP contribution in [0, 0.1) is 5.82 Å². The molecule has 3 nitrogen and oxygen atoms in total. The number of benzene rings is 2. The van der Waals surface area contributed by atoms with Gasteiger partial charge in [-0.05, 0) is 17.5 Å². The topological polar surface area (TPSA) is 56.0 Å². The van der Waals surface area contributed by atoms with Gasteiger partial charge in [-0.3, -0.25) is 9.78 Å². The Kier molecular flexibility index (Phi) is 2.91. The Bertz CT molecular complexity index is 809. The third-order valence-corrected chi connectivity index (χ3v) is 3.21. The first-order chi connectivity index (χ1) is 9.68. The van der Waals surface area contributed by atoms with E-state index < -0.39 is 5.82 Å². The highest BCUT2D eigenvalue weighted by Gasteiger charge is 2.17. The van der Waals surface area contributed by atoms with Crippen molar-refractivity contribution in [3.63, 3.8) is 0 Å². The van der Waals surface area contributed by atoms with Crippen LogP contribution in [0.2, 0.25) is 0 Å². The Balaban J connectivity index is 2.21. The molecule has 0 atom stereocenters. The number of hydrogen-bond acceptors (Lipinski definition) is 3. The van der Waals surface area contributed by atoms with E-state index in [-0.39, 0.29) is 17.0 Å². The molecule has 0 unspecified atom stereocenters. The maximum absolute atomic E-state index is 13.5. The third-order valence-electron chi connectivity index (χ3n) is 3.21. The molecule has 3 rings (SSSR count). The highest BCUT2D eigenvalue weighted by molar-refractivity contribution is 6.18. The molecular weight excluding hydrogens is 255 g/mol. The standard InChI is InChI=1S/C16H11FN2O/c17-14-7-3-6-12(15(14)18)16(20)13-9-19-8-10-4-1-2-5-11(10)13/h1-9H,18H2. The second-order valence-electron chi connectivity index (χ2n) is 4.44. The maximum Gasteiger partial charge on any atom is 0.197 e. The van der Waals surface area contributed by atoms with Gasteiger partial charge in [-0.15, -0.1) is 0 Å². The number of halogens is 1. The lowest BCUT2D eigenvalue weighted by Gasteiger charge is -2.08. The van der Waals surface area contributed by atoms with Gasteiger partial charge in [0, 0.05) is 28.9 Å². The number of nitrogens with zero attached hydrogens (tertiary/aromatic N) is 1. The zero-order chi connectivity index (χ0) is 14.1. The number of para-hydroxylation sites is 1. The molecule has 20 heavy (non-hydrogen) atoms. The third kappa shape index (κ3) is 1.91. The Morgan fingerprint density at radius 2 is 1.80 bits per heavy atom. The molecule has 0 amide bonds. The van der Waals surface area contributed by atoms with Gasteiger partial charge in [0.05, 0.1) is 5.69 Å². The highest BCUT2D eigenvalue weighted by atomic mass is 19.1. The molecule has 0 aliphatic carbocycles. The summed E-state index contributed by atoms with van der Waals surface area (Å²) in [6, 6.07) is 11.6. The number of anilines is 1. The van der Waals surface area contributed by atoms with Crippen LogP contribution in [-0.4, -0.2) is 10.8 Å². The van der Waals surface area contributed by atoms with Crippen LogP contribution in [0.5, 0.6) is 0 Å². The summed E-state index contributed by atoms with van der Waals surface area (Å²) in [5.41, 5.74) is 6.09. The van der Waals surface area contributed by atoms with Gasteiger partial charge in [0.25, 0.3) is 0 Å². The summed E-state index contributed by atoms with van der Waals surface area (Å²) in [7, 11) is 0. The summed E-state index contributed by atoms with van der Waals surface area (Å²) in [6.45, 7) is 0. The van der Waals surface area contributed by atoms with Crippen LogP contribution in [-0.2, 0) is 0 Å². The second-order valence-corrected chi connectivity index (χ2v) is 4.44. The van der Waals surface area contributed by atoms with Crippen LogP contribution in [0.3, 0.4) is 0 Å². The lowest BCUT2D eigenvalue weighted by Crippen LogP contribution is -2.08. The predicted octanol–water partition coefficient (Wildman–Crippen LogP) is 3.19. The van der Waals surface area contributed by atoms with E-state index in [2.05, 4.69) is 4.98 Å². The summed E-state index contributed by atoms with van der Waals surface area (Å²) < 4.78 is 13.5. The maximum atomic E-state index is 13.5. The predicted molar refractivity (Wildman–Crippen MR) is 76.0 cm³/mol. The van der Waals surface area contributed by atoms with Gasteiger partial charge in [0.15, 0.2) is 5.78 Å². The van der Waals surface area contributed by atoms with Crippen molar-refractivity contribution in [2.75, 3.05) is 5.73 Å². The fourth-order valence-electron chi connectivity index (χ4n) is 2.18. The lowest BCUT2D eigenvalue weighted by atomic mass is 9.98. The molecule has 0 spiro atoms. The number of aromatic nitrogens is 1. The van der Waals surface area contributed by atoms with Crippen LogP contribution < -0.4 is 5.73 Å². The van der Waals surface area contributed by atoms with E-state index in [1.165, 1.54) is 24.4 Å². The van der Waals surface area contributed by atoms with Crippen molar-refractivity contribution < 1.29 is 9.18 Å². The fraction of sp³-hybridized carbons (Fsp3) is 0. The zero-order valence-electron chi connectivity index (χ0n) is 10.5. The highest BCUT2D eigenvalue weighted by Crippen LogP contribution is 2.24. The normalized spacial score (nSPS) is 10.7. The summed E-state index contributed by atoms with van der Waals surface area (Å²) in [6.07, 6.45) is 3.16. The molecule has 0 radical (unpaired) electrons. The second kappa shape index (κ2) is 4.74. The number of carbonyl (C=O) groups excluding carboxylic acids is 1. The van der Waals surface area contributed by atoms with Gasteiger partial charge in [-0.25, -0.2) is 4.39 Å². The van der Waals surface area contributed by atoms with Crippen molar-refractivity contribution in [2.24, 2.45) is 0 Å². The molecule has 2 N–H and O–H groups in total. The minimum Gasteiger partial charge on any atom is -0.396 e. The van der Waals surface area contributed by atoms with Crippen molar-refractivity contribution in [2.45, 2.75) is 0 Å². The molecule has 1 heterocycles. The minimum absolute atomic E-state index is 0.134. The first-order valence-corrected chi connectivity index (χ1v) is 6.10. The van der Waals surface area contributed by atoms with E-state index in [1.54, 1.807) is 6.20 Å². The van der Waals surface area contributed by atoms with Gasteiger partial charge in [0.1, 0.15) is 5.82 Å². The van der Waals surface area contributed by atoms with Crippen molar-refractivity contribution in [1.29, 1.82) is 0 Å². The molecule has 0 saturated heterocycles. The summed E-state index contributed by atoms with van der Waals surface area (Å²) in [5, 5.41) is 1.63. The smallest absolute Gasteiger partial charge is 0.197 e. The van der Waals surface area contributed by atoms with Gasteiger partial charge in [-0.2, -0.15) is 0 Å². The number of rotatable bonds is 2. The largest absolute Gasteiger partial charge is 0.396 e. The van der Waals surface area contributed by atoms with Crippen molar-refractivity contribution in [1.82, 2.24) is 4.98 Å². The molecule has 98 valence electrons. The molecule has 3 aromatic rings. The molecule has 2 aromatic carbocycles. The number of carbonyl (C=O) groups is 1. The first-order valence-electron chi connectivity index (χ1n) is 6.10. The quantitative estimate of drug-likeness (QED) is 0.572. The van der Waals surface area contributed by atoms with E-state index in [0.29, 0.717) is 5.56 Å². The summed E-state index contributed by atoms with van der Waals surface area (Å²) >= 11 is 0. The van der Waals surface area contributed by atoms with Crippen LogP contribution in [0.1, 0.15) is 15.9 Å². The van der Waals surface area contributed by atoms with Gasteiger partial charge in [-0.1, -0.05) is 30.3 Å². The van der Waals surface area contributed by atoms with Crippen LogP contribution in [0.15, 0.2) is 54.9 Å². The van der Waals surface area contributed by atoms with Crippen molar-refractivity contribution in [3.05, 3.63) is 71.8 Å². The van der Waals surface area contributed by atoms with Crippen LogP contribution in [0.4, 0.5) is 10.1 Å². The summed E-state index contributed by atoms with van der Waals surface area (Å²) in [4.78, 5) is 16.6. The molecular formula is C16H11FN2O. The van der Waals surface area contributed by atoms with Gasteiger partial charge < -0.3 is 5.73 Å². The van der Waals surface area contributed by atoms with E-state index >= 15 is 0 Å². The number of nitrogen functional groups attached to an aromatic ring is 1. The van der Waals surface area contributed by atoms with Gasteiger partial charge >= 0.3 is 0 Å². The van der Waals surface area contributed by atoms with Crippen LogP contribution >= 0.6 is 0 Å². The van der Waals surface area contributed by atoms with Crippen molar-refractivity contribution in [3.8, 4) is 0 Å². The number of pyridine rings is 1. The number of fused-ring (bicyclic) bond motifs is 1. The molecule has 0 aliphatic heterocycles. The average Bonchev–Trinajstić information content (AvgIpc) is 2.49. The van der Waals surface area contributed by atoms with E-state index in [0.717, 1.165) is 10.8 Å². The Morgan fingerprint density at radius 3 is 2.65 bits per heavy atom.